The van der Waals surface area contributed by atoms with Gasteiger partial charge in [0.25, 0.3) is 0 Å². The number of allylic oxidation sites excluding steroid dienone is 1. The molecule has 0 bridgehead atoms. The maximum Gasteiger partial charge on any atom is 0.348 e. The Morgan fingerprint density at radius 3 is 2.08 bits per heavy atom. The van der Waals surface area contributed by atoms with Gasteiger partial charge in [-0.15, -0.1) is 0 Å². The molecule has 4 aromatic carbocycles. The maximum atomic E-state index is 11.6. The lowest BCUT2D eigenvalue weighted by Gasteiger charge is -2.25. The molecule has 0 saturated heterocycles. The molecule has 180 valence electrons. The number of nitrogens with zero attached hydrogens (tertiary/aromatic N) is 2. The van der Waals surface area contributed by atoms with Crippen LogP contribution in [0.5, 0.6) is 0 Å². The fourth-order valence-electron chi connectivity index (χ4n) is 4.23. The number of carbonyl (C=O) groups excluding carboxylic acids is 1. The van der Waals surface area contributed by atoms with Crippen LogP contribution in [0.4, 0.5) is 17.1 Å². The van der Waals surface area contributed by atoms with E-state index in [1.54, 1.807) is 6.08 Å². The second-order valence-electron chi connectivity index (χ2n) is 8.46. The van der Waals surface area contributed by atoms with Crippen molar-refractivity contribution in [3.63, 3.8) is 0 Å². The summed E-state index contributed by atoms with van der Waals surface area (Å²) in [6, 6.07) is 38.6. The Morgan fingerprint density at radius 1 is 0.865 bits per heavy atom. The number of benzene rings is 4. The zero-order valence-electron chi connectivity index (χ0n) is 20.3. The standard InChI is InChI=1S/C32H24N2O3/c1-36-32(35)26(22-33)15-13-23-12-14-25-21-31(37-30(25)20-23)24-16-18-29(19-17-24)34(27-8-4-2-5-9-27)28-10-6-3-7-11-28/h2-12,14-21H,13H2,1H3/b26-15+. The molecule has 0 saturated carbocycles. The zero-order chi connectivity index (χ0) is 25.6. The lowest BCUT2D eigenvalue weighted by molar-refractivity contribution is -0.135. The van der Waals surface area contributed by atoms with Gasteiger partial charge in [0.1, 0.15) is 23.0 Å². The van der Waals surface area contributed by atoms with E-state index in [9.17, 15) is 4.79 Å². The molecule has 0 atom stereocenters. The van der Waals surface area contributed by atoms with E-state index >= 15 is 0 Å². The number of ether oxygens (including phenoxy) is 1. The van der Waals surface area contributed by atoms with Crippen molar-refractivity contribution in [1.82, 2.24) is 0 Å². The van der Waals surface area contributed by atoms with E-state index in [-0.39, 0.29) is 5.57 Å². The van der Waals surface area contributed by atoms with Crippen LogP contribution < -0.4 is 4.90 Å². The smallest absolute Gasteiger partial charge is 0.348 e. The first kappa shape index (κ1) is 23.7. The average molecular weight is 485 g/mol. The van der Waals surface area contributed by atoms with Crippen LogP contribution in [0, 0.1) is 11.3 Å². The molecule has 5 heteroatoms. The molecule has 1 aromatic heterocycles. The van der Waals surface area contributed by atoms with Crippen LogP contribution in [0.1, 0.15) is 5.56 Å². The summed E-state index contributed by atoms with van der Waals surface area (Å²) < 4.78 is 10.8. The van der Waals surface area contributed by atoms with Crippen LogP contribution in [0.2, 0.25) is 0 Å². The van der Waals surface area contributed by atoms with Gasteiger partial charge >= 0.3 is 5.97 Å². The van der Waals surface area contributed by atoms with Crippen LogP contribution >= 0.6 is 0 Å². The van der Waals surface area contributed by atoms with Crippen LogP contribution in [0.3, 0.4) is 0 Å². The third-order valence-electron chi connectivity index (χ3n) is 6.09. The van der Waals surface area contributed by atoms with Crippen LogP contribution in [-0.2, 0) is 16.0 Å². The third-order valence-corrected chi connectivity index (χ3v) is 6.09. The maximum absolute atomic E-state index is 11.6. The molecule has 37 heavy (non-hydrogen) atoms. The summed E-state index contributed by atoms with van der Waals surface area (Å²) in [4.78, 5) is 13.8. The van der Waals surface area contributed by atoms with Crippen molar-refractivity contribution in [3.05, 3.63) is 126 Å². The zero-order valence-corrected chi connectivity index (χ0v) is 20.3. The van der Waals surface area contributed by atoms with Gasteiger partial charge < -0.3 is 14.1 Å². The lowest BCUT2D eigenvalue weighted by Crippen LogP contribution is -2.09. The highest BCUT2D eigenvalue weighted by atomic mass is 16.5. The molecule has 0 aliphatic carbocycles. The number of nitriles is 1. The van der Waals surface area contributed by atoms with Crippen molar-refractivity contribution in [2.24, 2.45) is 0 Å². The molecular formula is C32H24N2O3. The number of carbonyl (C=O) groups is 1. The van der Waals surface area contributed by atoms with Crippen LogP contribution in [0.25, 0.3) is 22.3 Å². The van der Waals surface area contributed by atoms with Gasteiger partial charge in [-0.3, -0.25) is 0 Å². The van der Waals surface area contributed by atoms with Crippen LogP contribution in [0.15, 0.2) is 125 Å². The molecule has 5 nitrogen and oxygen atoms in total. The van der Waals surface area contributed by atoms with E-state index in [1.807, 2.05) is 66.7 Å². The Morgan fingerprint density at radius 2 is 1.49 bits per heavy atom. The summed E-state index contributed by atoms with van der Waals surface area (Å²) in [6.45, 7) is 0. The predicted octanol–water partition coefficient (Wildman–Crippen LogP) is 7.74. The van der Waals surface area contributed by atoms with Gasteiger partial charge in [0.2, 0.25) is 0 Å². The van der Waals surface area contributed by atoms with Gasteiger partial charge in [0.05, 0.1) is 7.11 Å². The summed E-state index contributed by atoms with van der Waals surface area (Å²) in [6.07, 6.45) is 1.99. The normalized spacial score (nSPS) is 11.2. The minimum absolute atomic E-state index is 0.0112. The fraction of sp³-hybridized carbons (Fsp3) is 0.0625. The first-order chi connectivity index (χ1) is 18.2. The van der Waals surface area contributed by atoms with Crippen molar-refractivity contribution < 1.29 is 13.9 Å². The Kier molecular flexibility index (Phi) is 6.82. The van der Waals surface area contributed by atoms with E-state index < -0.39 is 5.97 Å². The topological polar surface area (TPSA) is 66.5 Å². The van der Waals surface area contributed by atoms with Gasteiger partial charge in [0, 0.05) is 28.0 Å². The highest BCUT2D eigenvalue weighted by Gasteiger charge is 2.13. The molecule has 1 heterocycles. The van der Waals surface area contributed by atoms with E-state index in [0.717, 1.165) is 44.9 Å². The number of hydrogen-bond donors (Lipinski definition) is 0. The van der Waals surface area contributed by atoms with E-state index in [0.29, 0.717) is 6.42 Å². The average Bonchev–Trinajstić information content (AvgIpc) is 3.38. The number of esters is 1. The SMILES string of the molecule is COC(=O)/C(C#N)=C/Cc1ccc2cc(-c3ccc(N(c4ccccc4)c4ccccc4)cc3)oc2c1. The van der Waals surface area contributed by atoms with E-state index in [4.69, 9.17) is 9.68 Å². The first-order valence-corrected chi connectivity index (χ1v) is 11.9. The third kappa shape index (κ3) is 5.14. The van der Waals surface area contributed by atoms with Gasteiger partial charge in [-0.05, 0) is 72.6 Å². The van der Waals surface area contributed by atoms with Crippen molar-refractivity contribution in [2.75, 3.05) is 12.0 Å². The number of para-hydroxylation sites is 2. The van der Waals surface area contributed by atoms with Gasteiger partial charge in [-0.1, -0.05) is 54.6 Å². The largest absolute Gasteiger partial charge is 0.465 e. The minimum Gasteiger partial charge on any atom is -0.465 e. The molecule has 0 fully saturated rings. The van der Waals surface area contributed by atoms with Crippen molar-refractivity contribution in [1.29, 1.82) is 5.26 Å². The molecule has 0 aliphatic heterocycles. The Bertz CT molecular complexity index is 1560. The van der Waals surface area contributed by atoms with Crippen molar-refractivity contribution >= 4 is 34.0 Å². The Hall–Kier alpha value is -5.08. The number of hydrogen-bond acceptors (Lipinski definition) is 5. The molecule has 0 N–H and O–H groups in total. The molecule has 0 unspecified atom stereocenters. The second-order valence-corrected chi connectivity index (χ2v) is 8.46. The molecule has 5 rings (SSSR count). The van der Waals surface area contributed by atoms with Crippen LogP contribution in [-0.4, -0.2) is 13.1 Å². The summed E-state index contributed by atoms with van der Waals surface area (Å²) in [7, 11) is 1.26. The summed E-state index contributed by atoms with van der Waals surface area (Å²) in [5.74, 6) is 0.137. The van der Waals surface area contributed by atoms with Crippen molar-refractivity contribution in [3.8, 4) is 17.4 Å². The summed E-state index contributed by atoms with van der Waals surface area (Å²) in [5, 5.41) is 10.1. The highest BCUT2D eigenvalue weighted by Crippen LogP contribution is 2.36. The Balaban J connectivity index is 1.42. The molecule has 0 radical (unpaired) electrons. The monoisotopic (exact) mass is 484 g/mol. The molecule has 0 aliphatic rings. The lowest BCUT2D eigenvalue weighted by atomic mass is 10.1. The first-order valence-electron chi connectivity index (χ1n) is 11.9. The molecule has 0 amide bonds. The molecule has 5 aromatic rings. The van der Waals surface area contributed by atoms with E-state index in [2.05, 4.69) is 58.2 Å². The van der Waals surface area contributed by atoms with Crippen molar-refractivity contribution in [2.45, 2.75) is 6.42 Å². The summed E-state index contributed by atoms with van der Waals surface area (Å²) >= 11 is 0. The minimum atomic E-state index is -0.634. The number of methoxy groups -OCH3 is 1. The molecular weight excluding hydrogens is 460 g/mol. The number of furan rings is 1. The quantitative estimate of drug-likeness (QED) is 0.134. The fourth-order valence-corrected chi connectivity index (χ4v) is 4.23. The number of fused-ring (bicyclic) bond motifs is 1. The van der Waals surface area contributed by atoms with Gasteiger partial charge in [-0.2, -0.15) is 5.26 Å². The highest BCUT2D eigenvalue weighted by molar-refractivity contribution is 5.92. The number of rotatable bonds is 7. The number of anilines is 3. The Labute approximate surface area is 215 Å². The van der Waals surface area contributed by atoms with Gasteiger partial charge in [0.15, 0.2) is 0 Å². The van der Waals surface area contributed by atoms with E-state index in [1.165, 1.54) is 7.11 Å². The summed E-state index contributed by atoms with van der Waals surface area (Å²) in [5.41, 5.74) is 5.85. The predicted molar refractivity (Wildman–Crippen MR) is 146 cm³/mol. The van der Waals surface area contributed by atoms with Gasteiger partial charge in [-0.25, -0.2) is 4.79 Å². The second kappa shape index (κ2) is 10.7. The molecule has 0 spiro atoms.